The first kappa shape index (κ1) is 19.8. The number of thiazole rings is 1. The van der Waals surface area contributed by atoms with E-state index in [1.165, 1.54) is 6.07 Å². The molecular formula is C19H20F3N5OS. The summed E-state index contributed by atoms with van der Waals surface area (Å²) in [6.45, 7) is 5.41. The van der Waals surface area contributed by atoms with E-state index in [2.05, 4.69) is 24.9 Å². The minimum atomic E-state index is -4.41. The van der Waals surface area contributed by atoms with Crippen LogP contribution in [0.1, 0.15) is 30.8 Å². The highest BCUT2D eigenvalue weighted by molar-refractivity contribution is 7.13. The molecule has 1 aliphatic rings. The first-order valence-corrected chi connectivity index (χ1v) is 10.2. The molecule has 1 fully saturated rings. The van der Waals surface area contributed by atoms with Gasteiger partial charge >= 0.3 is 6.18 Å². The molecule has 0 spiro atoms. The van der Waals surface area contributed by atoms with Crippen LogP contribution in [0.2, 0.25) is 0 Å². The molecule has 1 unspecified atom stereocenters. The Morgan fingerprint density at radius 1 is 1.17 bits per heavy atom. The van der Waals surface area contributed by atoms with Gasteiger partial charge in [0.15, 0.2) is 5.13 Å². The Bertz CT molecular complexity index is 943. The molecule has 0 N–H and O–H groups in total. The maximum atomic E-state index is 13.0. The van der Waals surface area contributed by atoms with Crippen molar-refractivity contribution in [3.8, 4) is 11.4 Å². The van der Waals surface area contributed by atoms with Crippen LogP contribution in [-0.4, -0.2) is 46.2 Å². The maximum absolute atomic E-state index is 13.0. The molecule has 0 saturated carbocycles. The Balaban J connectivity index is 1.47. The van der Waals surface area contributed by atoms with Crippen molar-refractivity contribution in [3.05, 3.63) is 47.3 Å². The van der Waals surface area contributed by atoms with Crippen LogP contribution in [0.4, 0.5) is 18.3 Å². The second-order valence-electron chi connectivity index (χ2n) is 6.90. The lowest BCUT2D eigenvalue weighted by atomic mass is 10.1. The van der Waals surface area contributed by atoms with Gasteiger partial charge in [0.05, 0.1) is 11.6 Å². The largest absolute Gasteiger partial charge is 0.416 e. The van der Waals surface area contributed by atoms with Crippen molar-refractivity contribution < 1.29 is 17.7 Å². The van der Waals surface area contributed by atoms with Gasteiger partial charge in [-0.3, -0.25) is 4.90 Å². The summed E-state index contributed by atoms with van der Waals surface area (Å²) in [4.78, 5) is 13.3. The summed E-state index contributed by atoms with van der Waals surface area (Å²) in [5, 5.41) is 6.89. The van der Waals surface area contributed by atoms with Crippen LogP contribution in [0.15, 0.2) is 40.4 Å². The number of halogens is 3. The summed E-state index contributed by atoms with van der Waals surface area (Å²) < 4.78 is 44.3. The molecule has 10 heteroatoms. The average molecular weight is 423 g/mol. The van der Waals surface area contributed by atoms with Crippen LogP contribution in [0.5, 0.6) is 0 Å². The Labute approximate surface area is 170 Å². The van der Waals surface area contributed by atoms with E-state index in [0.717, 1.165) is 49.9 Å². The van der Waals surface area contributed by atoms with Gasteiger partial charge in [-0.05, 0) is 25.5 Å². The molecule has 1 aromatic carbocycles. The van der Waals surface area contributed by atoms with Gasteiger partial charge in [0, 0.05) is 43.3 Å². The topological polar surface area (TPSA) is 58.3 Å². The Morgan fingerprint density at radius 2 is 2.03 bits per heavy atom. The van der Waals surface area contributed by atoms with Crippen molar-refractivity contribution >= 4 is 16.5 Å². The van der Waals surface area contributed by atoms with Crippen molar-refractivity contribution in [1.29, 1.82) is 0 Å². The van der Waals surface area contributed by atoms with Crippen LogP contribution in [0.25, 0.3) is 11.4 Å². The van der Waals surface area contributed by atoms with E-state index in [1.807, 2.05) is 12.3 Å². The fourth-order valence-electron chi connectivity index (χ4n) is 3.40. The molecule has 6 nitrogen and oxygen atoms in total. The van der Waals surface area contributed by atoms with E-state index >= 15 is 0 Å². The zero-order valence-electron chi connectivity index (χ0n) is 15.8. The zero-order valence-corrected chi connectivity index (χ0v) is 16.6. The summed E-state index contributed by atoms with van der Waals surface area (Å²) in [5.74, 6) is 0.567. The van der Waals surface area contributed by atoms with Crippen molar-refractivity contribution in [2.24, 2.45) is 0 Å². The van der Waals surface area contributed by atoms with Gasteiger partial charge in [-0.1, -0.05) is 17.3 Å². The Kier molecular flexibility index (Phi) is 5.55. The molecule has 4 rings (SSSR count). The van der Waals surface area contributed by atoms with Gasteiger partial charge in [-0.25, -0.2) is 4.98 Å². The highest BCUT2D eigenvalue weighted by Gasteiger charge is 2.31. The van der Waals surface area contributed by atoms with Gasteiger partial charge in [0.2, 0.25) is 11.7 Å². The number of hydrogen-bond acceptors (Lipinski definition) is 7. The minimum Gasteiger partial charge on any atom is -0.347 e. The summed E-state index contributed by atoms with van der Waals surface area (Å²) in [6.07, 6.45) is -1.64. The van der Waals surface area contributed by atoms with Gasteiger partial charge < -0.3 is 9.42 Å². The quantitative estimate of drug-likeness (QED) is 0.617. The monoisotopic (exact) mass is 423 g/mol. The van der Waals surface area contributed by atoms with Crippen molar-refractivity contribution in [3.63, 3.8) is 0 Å². The van der Waals surface area contributed by atoms with Crippen LogP contribution in [0.3, 0.4) is 0 Å². The summed E-state index contributed by atoms with van der Waals surface area (Å²) in [6, 6.07) is 4.83. The summed E-state index contributed by atoms with van der Waals surface area (Å²) in [5.41, 5.74) is -0.447. The fraction of sp³-hybridized carbons (Fsp3) is 0.421. The molecule has 0 aliphatic carbocycles. The molecule has 29 heavy (non-hydrogen) atoms. The van der Waals surface area contributed by atoms with E-state index in [0.29, 0.717) is 5.89 Å². The first-order valence-electron chi connectivity index (χ1n) is 9.31. The van der Waals surface area contributed by atoms with Gasteiger partial charge in [0.1, 0.15) is 0 Å². The molecule has 3 heterocycles. The molecule has 1 atom stereocenters. The first-order chi connectivity index (χ1) is 13.9. The third-order valence-electron chi connectivity index (χ3n) is 5.02. The SMILES string of the molecule is CC(c1nc(-c2cccc(C(F)(F)F)c2)no1)N1CCCN(c2nccs2)CC1. The van der Waals surface area contributed by atoms with Gasteiger partial charge in [-0.15, -0.1) is 11.3 Å². The lowest BCUT2D eigenvalue weighted by Crippen LogP contribution is -2.32. The lowest BCUT2D eigenvalue weighted by Gasteiger charge is -2.25. The van der Waals surface area contributed by atoms with Crippen LogP contribution in [0, 0.1) is 0 Å². The summed E-state index contributed by atoms with van der Waals surface area (Å²) >= 11 is 1.62. The van der Waals surface area contributed by atoms with Crippen molar-refractivity contribution in [1.82, 2.24) is 20.0 Å². The highest BCUT2D eigenvalue weighted by atomic mass is 32.1. The van der Waals surface area contributed by atoms with Gasteiger partial charge in [-0.2, -0.15) is 18.2 Å². The number of benzene rings is 1. The number of aromatic nitrogens is 3. The molecule has 0 bridgehead atoms. The minimum absolute atomic E-state index is 0.127. The normalized spacial score (nSPS) is 17.3. The lowest BCUT2D eigenvalue weighted by molar-refractivity contribution is -0.137. The van der Waals surface area contributed by atoms with Crippen LogP contribution in [-0.2, 0) is 6.18 Å². The molecule has 1 aliphatic heterocycles. The second kappa shape index (κ2) is 8.11. The number of anilines is 1. The smallest absolute Gasteiger partial charge is 0.347 e. The van der Waals surface area contributed by atoms with Crippen molar-refractivity contribution in [2.75, 3.05) is 31.1 Å². The van der Waals surface area contributed by atoms with E-state index in [-0.39, 0.29) is 17.4 Å². The standard InChI is InChI=1S/C19H20F3N5OS/c1-13(26-7-3-8-27(10-9-26)18-23-6-11-29-18)17-24-16(25-28-17)14-4-2-5-15(12-14)19(20,21)22/h2,4-6,11-13H,3,7-10H2,1H3. The number of rotatable bonds is 4. The maximum Gasteiger partial charge on any atom is 0.416 e. The summed E-state index contributed by atoms with van der Waals surface area (Å²) in [7, 11) is 0. The number of hydrogen-bond donors (Lipinski definition) is 0. The molecular weight excluding hydrogens is 403 g/mol. The Morgan fingerprint density at radius 3 is 2.79 bits per heavy atom. The molecule has 154 valence electrons. The molecule has 2 aromatic heterocycles. The fourth-order valence-corrected chi connectivity index (χ4v) is 4.10. The third kappa shape index (κ3) is 4.43. The predicted octanol–water partition coefficient (Wildman–Crippen LogP) is 4.49. The molecule has 0 amide bonds. The second-order valence-corrected chi connectivity index (χ2v) is 7.78. The van der Waals surface area contributed by atoms with Crippen LogP contribution >= 0.6 is 11.3 Å². The number of nitrogens with zero attached hydrogens (tertiary/aromatic N) is 5. The molecule has 1 saturated heterocycles. The third-order valence-corrected chi connectivity index (χ3v) is 5.85. The molecule has 0 radical (unpaired) electrons. The van der Waals surface area contributed by atoms with E-state index in [4.69, 9.17) is 4.52 Å². The van der Waals surface area contributed by atoms with E-state index in [9.17, 15) is 13.2 Å². The Hall–Kier alpha value is -2.46. The predicted molar refractivity (Wildman–Crippen MR) is 104 cm³/mol. The zero-order chi connectivity index (χ0) is 20.4. The van der Waals surface area contributed by atoms with Crippen LogP contribution < -0.4 is 4.90 Å². The number of alkyl halides is 3. The van der Waals surface area contributed by atoms with Crippen molar-refractivity contribution in [2.45, 2.75) is 25.6 Å². The molecule has 3 aromatic rings. The van der Waals surface area contributed by atoms with Gasteiger partial charge in [0.25, 0.3) is 0 Å². The average Bonchev–Trinajstić information content (AvgIpc) is 3.35. The highest BCUT2D eigenvalue weighted by Crippen LogP contribution is 2.32. The van der Waals surface area contributed by atoms with E-state index in [1.54, 1.807) is 23.6 Å². The van der Waals surface area contributed by atoms with E-state index < -0.39 is 11.7 Å².